The van der Waals surface area contributed by atoms with Gasteiger partial charge in [0.05, 0.1) is 14.2 Å². The van der Waals surface area contributed by atoms with Crippen molar-refractivity contribution in [3.05, 3.63) is 23.3 Å². The molecule has 0 aliphatic carbocycles. The molecule has 0 saturated heterocycles. The molecule has 0 N–H and O–H groups in total. The largest absolute Gasteiger partial charge is 0.465 e. The highest BCUT2D eigenvalue weighted by molar-refractivity contribution is 6.15. The van der Waals surface area contributed by atoms with E-state index < -0.39 is 11.9 Å². The summed E-state index contributed by atoms with van der Waals surface area (Å²) in [6.07, 6.45) is 3.37. The number of esters is 2. The molecule has 0 rings (SSSR count). The second kappa shape index (κ2) is 5.96. The lowest BCUT2D eigenvalue weighted by Gasteiger charge is -2.05. The zero-order valence-corrected chi connectivity index (χ0v) is 8.79. The van der Waals surface area contributed by atoms with Gasteiger partial charge in [-0.05, 0) is 19.4 Å². The Bertz CT molecular complexity index is 268. The molecule has 0 aromatic carbocycles. The second-order valence-corrected chi connectivity index (χ2v) is 2.54. The van der Waals surface area contributed by atoms with Crippen molar-refractivity contribution in [2.75, 3.05) is 14.2 Å². The third kappa shape index (κ3) is 3.05. The average molecular weight is 198 g/mol. The minimum Gasteiger partial charge on any atom is -0.465 e. The highest BCUT2D eigenvalue weighted by atomic mass is 16.5. The predicted molar refractivity (Wildman–Crippen MR) is 51.5 cm³/mol. The van der Waals surface area contributed by atoms with E-state index in [4.69, 9.17) is 0 Å². The molecule has 0 aliphatic rings. The van der Waals surface area contributed by atoms with E-state index >= 15 is 0 Å². The lowest BCUT2D eigenvalue weighted by atomic mass is 10.1. The van der Waals surface area contributed by atoms with Crippen LogP contribution in [0.25, 0.3) is 0 Å². The SMILES string of the molecule is C/C=C/C(C)=C(C(=O)OC)C(=O)OC. The number of carbonyl (C=O) groups excluding carboxylic acids is 2. The van der Waals surface area contributed by atoms with Crippen LogP contribution in [0.3, 0.4) is 0 Å². The zero-order valence-electron chi connectivity index (χ0n) is 8.79. The first-order valence-corrected chi connectivity index (χ1v) is 4.08. The van der Waals surface area contributed by atoms with Crippen LogP contribution in [0.5, 0.6) is 0 Å². The minimum absolute atomic E-state index is 0.0758. The monoisotopic (exact) mass is 198 g/mol. The van der Waals surface area contributed by atoms with Crippen LogP contribution in [0.4, 0.5) is 0 Å². The molecule has 0 spiro atoms. The van der Waals surface area contributed by atoms with Crippen LogP contribution in [0, 0.1) is 0 Å². The molecule has 4 heteroatoms. The summed E-state index contributed by atoms with van der Waals surface area (Å²) < 4.78 is 8.94. The molecule has 0 unspecified atom stereocenters. The highest BCUT2D eigenvalue weighted by Gasteiger charge is 2.21. The topological polar surface area (TPSA) is 52.6 Å². The van der Waals surface area contributed by atoms with Gasteiger partial charge >= 0.3 is 11.9 Å². The maximum absolute atomic E-state index is 11.2. The van der Waals surface area contributed by atoms with E-state index in [2.05, 4.69) is 9.47 Å². The zero-order chi connectivity index (χ0) is 11.1. The van der Waals surface area contributed by atoms with Gasteiger partial charge in [0.15, 0.2) is 0 Å². The van der Waals surface area contributed by atoms with Gasteiger partial charge in [0.2, 0.25) is 0 Å². The molecule has 0 radical (unpaired) electrons. The fourth-order valence-corrected chi connectivity index (χ4v) is 0.943. The van der Waals surface area contributed by atoms with E-state index in [9.17, 15) is 9.59 Å². The maximum Gasteiger partial charge on any atom is 0.345 e. The number of rotatable bonds is 3. The molecular formula is C10H14O4. The maximum atomic E-state index is 11.2. The Balaban J connectivity index is 5.18. The molecular weight excluding hydrogens is 184 g/mol. The Labute approximate surface area is 83.2 Å². The van der Waals surface area contributed by atoms with Crippen LogP contribution in [-0.2, 0) is 19.1 Å². The first kappa shape index (κ1) is 12.4. The molecule has 0 heterocycles. The Hall–Kier alpha value is -1.58. The van der Waals surface area contributed by atoms with Crippen LogP contribution >= 0.6 is 0 Å². The van der Waals surface area contributed by atoms with Crippen LogP contribution in [0.1, 0.15) is 13.8 Å². The molecule has 14 heavy (non-hydrogen) atoms. The standard InChI is InChI=1S/C10H14O4/c1-5-6-7(2)8(9(11)13-3)10(12)14-4/h5-6H,1-4H3/b6-5+. The summed E-state index contributed by atoms with van der Waals surface area (Å²) in [5.74, 6) is -1.38. The fraction of sp³-hybridized carbons (Fsp3) is 0.400. The van der Waals surface area contributed by atoms with Crippen molar-refractivity contribution in [1.29, 1.82) is 0 Å². The summed E-state index contributed by atoms with van der Waals surface area (Å²) in [6.45, 7) is 3.43. The van der Waals surface area contributed by atoms with Crippen molar-refractivity contribution >= 4 is 11.9 Å². The van der Waals surface area contributed by atoms with Gasteiger partial charge in [0, 0.05) is 0 Å². The highest BCUT2D eigenvalue weighted by Crippen LogP contribution is 2.09. The Morgan fingerprint density at radius 2 is 1.50 bits per heavy atom. The lowest BCUT2D eigenvalue weighted by Crippen LogP contribution is -2.17. The summed E-state index contributed by atoms with van der Waals surface area (Å²) in [4.78, 5) is 22.4. The molecule has 0 aromatic rings. The third-order valence-corrected chi connectivity index (χ3v) is 1.59. The average Bonchev–Trinajstić information content (AvgIpc) is 2.17. The smallest absolute Gasteiger partial charge is 0.345 e. The van der Waals surface area contributed by atoms with Gasteiger partial charge in [-0.2, -0.15) is 0 Å². The number of allylic oxidation sites excluding steroid dienone is 3. The van der Waals surface area contributed by atoms with E-state index in [0.29, 0.717) is 5.57 Å². The Morgan fingerprint density at radius 1 is 1.07 bits per heavy atom. The Morgan fingerprint density at radius 3 is 1.79 bits per heavy atom. The third-order valence-electron chi connectivity index (χ3n) is 1.59. The summed E-state index contributed by atoms with van der Waals surface area (Å²) in [7, 11) is 2.43. The summed E-state index contributed by atoms with van der Waals surface area (Å²) in [5, 5.41) is 0. The fourth-order valence-electron chi connectivity index (χ4n) is 0.943. The van der Waals surface area contributed by atoms with Gasteiger partial charge in [-0.15, -0.1) is 0 Å². The van der Waals surface area contributed by atoms with Crippen LogP contribution < -0.4 is 0 Å². The Kier molecular flexibility index (Phi) is 5.29. The van der Waals surface area contributed by atoms with Gasteiger partial charge in [0.1, 0.15) is 5.57 Å². The number of methoxy groups -OCH3 is 2. The van der Waals surface area contributed by atoms with Gasteiger partial charge < -0.3 is 9.47 Å². The summed E-state index contributed by atoms with van der Waals surface area (Å²) >= 11 is 0. The van der Waals surface area contributed by atoms with Crippen molar-refractivity contribution in [3.63, 3.8) is 0 Å². The van der Waals surface area contributed by atoms with Crippen LogP contribution in [-0.4, -0.2) is 26.2 Å². The quantitative estimate of drug-likeness (QED) is 0.225. The van der Waals surface area contributed by atoms with Gasteiger partial charge in [-0.25, -0.2) is 9.59 Å². The van der Waals surface area contributed by atoms with Crippen LogP contribution in [0.2, 0.25) is 0 Å². The van der Waals surface area contributed by atoms with E-state index in [1.165, 1.54) is 14.2 Å². The van der Waals surface area contributed by atoms with E-state index in [1.807, 2.05) is 0 Å². The van der Waals surface area contributed by atoms with E-state index in [-0.39, 0.29) is 5.57 Å². The van der Waals surface area contributed by atoms with Crippen molar-refractivity contribution in [2.24, 2.45) is 0 Å². The number of hydrogen-bond acceptors (Lipinski definition) is 4. The minimum atomic E-state index is -0.688. The lowest BCUT2D eigenvalue weighted by molar-refractivity contribution is -0.144. The second-order valence-electron chi connectivity index (χ2n) is 2.54. The van der Waals surface area contributed by atoms with E-state index in [1.54, 1.807) is 26.0 Å². The van der Waals surface area contributed by atoms with Crippen LogP contribution in [0.15, 0.2) is 23.3 Å². The predicted octanol–water partition coefficient (Wildman–Crippen LogP) is 1.23. The number of carbonyl (C=O) groups is 2. The van der Waals surface area contributed by atoms with Gasteiger partial charge in [0.25, 0.3) is 0 Å². The van der Waals surface area contributed by atoms with Crippen molar-refractivity contribution in [2.45, 2.75) is 13.8 Å². The summed E-state index contributed by atoms with van der Waals surface area (Å²) in [6, 6.07) is 0. The van der Waals surface area contributed by atoms with Crippen molar-refractivity contribution in [1.82, 2.24) is 0 Å². The molecule has 0 amide bonds. The number of ether oxygens (including phenoxy) is 2. The number of hydrogen-bond donors (Lipinski definition) is 0. The molecule has 0 bridgehead atoms. The molecule has 4 nitrogen and oxygen atoms in total. The summed E-state index contributed by atoms with van der Waals surface area (Å²) in [5.41, 5.74) is 0.444. The van der Waals surface area contributed by atoms with Gasteiger partial charge in [-0.1, -0.05) is 12.2 Å². The first-order valence-electron chi connectivity index (χ1n) is 4.08. The molecule has 0 saturated carbocycles. The molecule has 0 aliphatic heterocycles. The van der Waals surface area contributed by atoms with Crippen molar-refractivity contribution in [3.8, 4) is 0 Å². The molecule has 0 atom stereocenters. The van der Waals surface area contributed by atoms with Gasteiger partial charge in [-0.3, -0.25) is 0 Å². The molecule has 78 valence electrons. The van der Waals surface area contributed by atoms with Crippen molar-refractivity contribution < 1.29 is 19.1 Å². The first-order chi connectivity index (χ1) is 6.58. The normalized spacial score (nSPS) is 9.71. The van der Waals surface area contributed by atoms with E-state index in [0.717, 1.165) is 0 Å². The molecule has 0 aromatic heterocycles. The molecule has 0 fully saturated rings.